The van der Waals surface area contributed by atoms with Gasteiger partial charge in [0, 0.05) is 18.0 Å². The minimum Gasteiger partial charge on any atom is -0.485 e. The van der Waals surface area contributed by atoms with Gasteiger partial charge in [0.25, 0.3) is 5.91 Å². The Morgan fingerprint density at radius 1 is 0.725 bits per heavy atom. The van der Waals surface area contributed by atoms with Crippen molar-refractivity contribution >= 4 is 22.8 Å². The molecule has 1 amide bonds. The first-order valence-electron chi connectivity index (χ1n) is 12.9. The fourth-order valence-corrected chi connectivity index (χ4v) is 4.34. The van der Waals surface area contributed by atoms with Gasteiger partial charge < -0.3 is 19.9 Å². The second-order valence-electron chi connectivity index (χ2n) is 9.28. The van der Waals surface area contributed by atoms with Crippen molar-refractivity contribution in [3.8, 4) is 11.5 Å². The van der Waals surface area contributed by atoms with Crippen molar-refractivity contribution in [3.05, 3.63) is 138 Å². The lowest BCUT2D eigenvalue weighted by molar-refractivity contribution is -0.139. The Kier molecular flexibility index (Phi) is 8.32. The number of hydrogen-bond donors (Lipinski definition) is 2. The molecule has 0 spiro atoms. The van der Waals surface area contributed by atoms with Crippen LogP contribution in [0.25, 0.3) is 10.9 Å². The second kappa shape index (κ2) is 12.6. The number of aromatic nitrogens is 1. The number of nitrogens with zero attached hydrogens (tertiary/aromatic N) is 1. The van der Waals surface area contributed by atoms with E-state index in [9.17, 15) is 14.7 Å². The molecule has 0 aliphatic rings. The van der Waals surface area contributed by atoms with Crippen LogP contribution in [0.4, 0.5) is 0 Å². The van der Waals surface area contributed by atoms with Crippen molar-refractivity contribution < 1.29 is 24.2 Å². The van der Waals surface area contributed by atoms with Crippen LogP contribution in [-0.4, -0.2) is 28.0 Å². The van der Waals surface area contributed by atoms with E-state index in [1.54, 1.807) is 42.6 Å². The van der Waals surface area contributed by atoms with Gasteiger partial charge in [-0.2, -0.15) is 0 Å². The summed E-state index contributed by atoms with van der Waals surface area (Å²) in [5.41, 5.74) is 3.52. The number of carboxylic acids is 1. The molecule has 7 nitrogen and oxygen atoms in total. The van der Waals surface area contributed by atoms with E-state index in [0.717, 1.165) is 16.5 Å². The highest BCUT2D eigenvalue weighted by Gasteiger charge is 2.23. The van der Waals surface area contributed by atoms with Crippen molar-refractivity contribution in [2.45, 2.75) is 25.7 Å². The highest BCUT2D eigenvalue weighted by Crippen LogP contribution is 2.31. The van der Waals surface area contributed by atoms with E-state index in [0.29, 0.717) is 41.4 Å². The van der Waals surface area contributed by atoms with Gasteiger partial charge in [0.05, 0.1) is 11.1 Å². The maximum Gasteiger partial charge on any atom is 0.326 e. The molecule has 1 atom stereocenters. The van der Waals surface area contributed by atoms with Gasteiger partial charge >= 0.3 is 5.97 Å². The van der Waals surface area contributed by atoms with Crippen molar-refractivity contribution in [1.29, 1.82) is 0 Å². The molecule has 0 fully saturated rings. The third-order valence-corrected chi connectivity index (χ3v) is 6.40. The maximum atomic E-state index is 13.1. The van der Waals surface area contributed by atoms with Gasteiger partial charge in [-0.1, -0.05) is 84.9 Å². The number of aliphatic carboxylic acids is 1. The molecular formula is C33H28N2O5. The molecule has 0 saturated heterocycles. The number of benzene rings is 4. The number of para-hydroxylation sites is 1. The third kappa shape index (κ3) is 6.63. The van der Waals surface area contributed by atoms with Gasteiger partial charge in [0.2, 0.25) is 0 Å². The van der Waals surface area contributed by atoms with Crippen LogP contribution >= 0.6 is 0 Å². The Bertz CT molecular complexity index is 1600. The molecule has 0 aliphatic heterocycles. The molecule has 7 heteroatoms. The monoisotopic (exact) mass is 532 g/mol. The van der Waals surface area contributed by atoms with Crippen molar-refractivity contribution in [1.82, 2.24) is 10.3 Å². The summed E-state index contributed by atoms with van der Waals surface area (Å²) in [6.45, 7) is 0.675. The van der Waals surface area contributed by atoms with Gasteiger partial charge in [0.1, 0.15) is 19.3 Å². The summed E-state index contributed by atoms with van der Waals surface area (Å²) in [5, 5.41) is 13.4. The molecule has 4 aromatic carbocycles. The minimum absolute atomic E-state index is 0.0555. The lowest BCUT2D eigenvalue weighted by atomic mass is 10.0. The van der Waals surface area contributed by atoms with Crippen molar-refractivity contribution in [2.24, 2.45) is 0 Å². The molecule has 0 aliphatic carbocycles. The molecule has 0 bridgehead atoms. The summed E-state index contributed by atoms with van der Waals surface area (Å²) in [4.78, 5) is 29.6. The van der Waals surface area contributed by atoms with E-state index in [1.807, 2.05) is 72.8 Å². The number of ether oxygens (including phenoxy) is 2. The number of rotatable bonds is 11. The maximum absolute atomic E-state index is 13.1. The summed E-state index contributed by atoms with van der Waals surface area (Å²) in [6, 6.07) is 32.6. The van der Waals surface area contributed by atoms with E-state index in [2.05, 4.69) is 10.3 Å². The van der Waals surface area contributed by atoms with Crippen LogP contribution in [0.15, 0.2) is 115 Å². The molecule has 5 aromatic rings. The first-order chi connectivity index (χ1) is 19.6. The highest BCUT2D eigenvalue weighted by molar-refractivity contribution is 6.06. The molecule has 0 saturated carbocycles. The van der Waals surface area contributed by atoms with E-state index >= 15 is 0 Å². The van der Waals surface area contributed by atoms with Gasteiger partial charge in [0.15, 0.2) is 11.5 Å². The number of amides is 1. The van der Waals surface area contributed by atoms with E-state index in [1.165, 1.54) is 0 Å². The third-order valence-electron chi connectivity index (χ3n) is 6.40. The van der Waals surface area contributed by atoms with Crippen molar-refractivity contribution in [2.75, 3.05) is 0 Å². The Balaban J connectivity index is 1.35. The van der Waals surface area contributed by atoms with E-state index in [4.69, 9.17) is 9.47 Å². The average Bonchev–Trinajstić information content (AvgIpc) is 2.99. The lowest BCUT2D eigenvalue weighted by Gasteiger charge is -2.18. The quantitative estimate of drug-likeness (QED) is 0.223. The SMILES string of the molecule is O=C(N[C@@H](Cc1ccc(OCc2ccccc2)c(OCc2ccccc2)c1)C(=O)O)c1cccc2cccnc12. The molecule has 0 radical (unpaired) electrons. The van der Waals surface area contributed by atoms with Gasteiger partial charge in [-0.3, -0.25) is 9.78 Å². The van der Waals surface area contributed by atoms with E-state index < -0.39 is 17.9 Å². The number of fused-ring (bicyclic) bond motifs is 1. The standard InChI is InChI=1S/C33H28N2O5/c36-32(27-15-7-13-26-14-8-18-34-31(26)27)35-28(33(37)38)19-25-16-17-29(39-21-23-9-3-1-4-10-23)30(20-25)40-22-24-11-5-2-6-12-24/h1-18,20,28H,19,21-22H2,(H,35,36)(H,37,38)/t28-/m0/s1. The largest absolute Gasteiger partial charge is 0.485 e. The average molecular weight is 533 g/mol. The normalized spacial score (nSPS) is 11.5. The summed E-state index contributed by atoms with van der Waals surface area (Å²) in [6.07, 6.45) is 1.66. The van der Waals surface area contributed by atoms with Crippen LogP contribution in [-0.2, 0) is 24.4 Å². The molecule has 1 heterocycles. The Hall–Kier alpha value is -5.17. The van der Waals surface area contributed by atoms with Gasteiger partial charge in [-0.15, -0.1) is 0 Å². The zero-order valence-electron chi connectivity index (χ0n) is 21.7. The van der Waals surface area contributed by atoms with Crippen LogP contribution in [0.1, 0.15) is 27.0 Å². The van der Waals surface area contributed by atoms with Crippen LogP contribution in [0.2, 0.25) is 0 Å². The molecule has 5 rings (SSSR count). The summed E-state index contributed by atoms with van der Waals surface area (Å²) in [7, 11) is 0. The Morgan fingerprint density at radius 3 is 2.05 bits per heavy atom. The number of pyridine rings is 1. The van der Waals surface area contributed by atoms with Crippen LogP contribution in [0.3, 0.4) is 0 Å². The Labute approximate surface area is 232 Å². The zero-order chi connectivity index (χ0) is 27.7. The molecule has 0 unspecified atom stereocenters. The molecular weight excluding hydrogens is 504 g/mol. The first kappa shape index (κ1) is 26.4. The van der Waals surface area contributed by atoms with Gasteiger partial charge in [-0.05, 0) is 41.0 Å². The summed E-state index contributed by atoms with van der Waals surface area (Å²) < 4.78 is 12.2. The fraction of sp³-hybridized carbons (Fsp3) is 0.121. The summed E-state index contributed by atoms with van der Waals surface area (Å²) in [5.74, 6) is -0.606. The molecule has 1 aromatic heterocycles. The van der Waals surface area contributed by atoms with Crippen LogP contribution in [0.5, 0.6) is 11.5 Å². The number of nitrogens with one attached hydrogen (secondary N) is 1. The predicted octanol–water partition coefficient (Wildman–Crippen LogP) is 5.82. The van der Waals surface area contributed by atoms with Crippen LogP contribution in [0, 0.1) is 0 Å². The first-order valence-corrected chi connectivity index (χ1v) is 12.9. The van der Waals surface area contributed by atoms with Gasteiger partial charge in [-0.25, -0.2) is 4.79 Å². The lowest BCUT2D eigenvalue weighted by Crippen LogP contribution is -2.42. The molecule has 200 valence electrons. The number of carbonyl (C=O) groups excluding carboxylic acids is 1. The molecule has 2 N–H and O–H groups in total. The number of carboxylic acid groups (broad SMARTS) is 1. The smallest absolute Gasteiger partial charge is 0.326 e. The van der Waals surface area contributed by atoms with E-state index in [-0.39, 0.29) is 6.42 Å². The predicted molar refractivity (Wildman–Crippen MR) is 152 cm³/mol. The second-order valence-corrected chi connectivity index (χ2v) is 9.28. The fourth-order valence-electron chi connectivity index (χ4n) is 4.34. The van der Waals surface area contributed by atoms with Crippen LogP contribution < -0.4 is 14.8 Å². The van der Waals surface area contributed by atoms with Crippen molar-refractivity contribution in [3.63, 3.8) is 0 Å². The summed E-state index contributed by atoms with van der Waals surface area (Å²) >= 11 is 0. The molecule has 40 heavy (non-hydrogen) atoms. The Morgan fingerprint density at radius 2 is 1.38 bits per heavy atom. The minimum atomic E-state index is -1.16. The number of hydrogen-bond acceptors (Lipinski definition) is 5. The zero-order valence-corrected chi connectivity index (χ0v) is 21.7. The number of carbonyl (C=O) groups is 2. The highest BCUT2D eigenvalue weighted by atomic mass is 16.5. The topological polar surface area (TPSA) is 97.8 Å².